The summed E-state index contributed by atoms with van der Waals surface area (Å²) in [6.45, 7) is 5.96. The van der Waals surface area contributed by atoms with Crippen molar-refractivity contribution in [3.63, 3.8) is 0 Å². The molecule has 0 spiro atoms. The van der Waals surface area contributed by atoms with Crippen molar-refractivity contribution in [2.75, 3.05) is 5.32 Å². The minimum atomic E-state index is 0.00374. The number of benzene rings is 1. The first-order chi connectivity index (χ1) is 11.1. The number of hydrogen-bond donors (Lipinski definition) is 1. The number of amides is 1. The van der Waals surface area contributed by atoms with Crippen molar-refractivity contribution in [2.45, 2.75) is 40.0 Å². The van der Waals surface area contributed by atoms with Crippen LogP contribution in [0.5, 0.6) is 0 Å². The smallest absolute Gasteiger partial charge is 0.234 e. The second-order valence-electron chi connectivity index (χ2n) is 5.49. The molecular weight excluding hydrogens is 310 g/mol. The van der Waals surface area contributed by atoms with E-state index in [1.807, 2.05) is 26.0 Å². The molecule has 6 nitrogen and oxygen atoms in total. The molecule has 120 valence electrons. The van der Waals surface area contributed by atoms with Gasteiger partial charge >= 0.3 is 0 Å². The zero-order valence-corrected chi connectivity index (χ0v) is 14.3. The molecule has 0 saturated carbocycles. The molecule has 0 saturated heterocycles. The van der Waals surface area contributed by atoms with Crippen LogP contribution in [0.3, 0.4) is 0 Å². The summed E-state index contributed by atoms with van der Waals surface area (Å²) >= 11 is 1.47. The van der Waals surface area contributed by atoms with Crippen molar-refractivity contribution >= 4 is 27.9 Å². The van der Waals surface area contributed by atoms with E-state index >= 15 is 0 Å². The van der Waals surface area contributed by atoms with Gasteiger partial charge in [0.2, 0.25) is 10.9 Å². The van der Waals surface area contributed by atoms with Gasteiger partial charge in [-0.1, -0.05) is 30.4 Å². The van der Waals surface area contributed by atoms with Crippen LogP contribution in [0, 0.1) is 13.8 Å². The molecular formula is C16H19N5OS. The van der Waals surface area contributed by atoms with Crippen LogP contribution >= 0.6 is 11.3 Å². The molecule has 2 aromatic heterocycles. The monoisotopic (exact) mass is 329 g/mol. The number of anilines is 1. The van der Waals surface area contributed by atoms with Crippen LogP contribution in [0.25, 0.3) is 4.96 Å². The number of carbonyl (C=O) groups excluding carboxylic acids is 1. The van der Waals surface area contributed by atoms with E-state index in [2.05, 4.69) is 33.6 Å². The number of aryl methyl sites for hydroxylation is 4. The highest BCUT2D eigenvalue weighted by Gasteiger charge is 2.11. The summed E-state index contributed by atoms with van der Waals surface area (Å²) in [6.07, 6.45) is 1.96. The maximum absolute atomic E-state index is 12.2. The van der Waals surface area contributed by atoms with Gasteiger partial charge < -0.3 is 5.32 Å². The largest absolute Gasteiger partial charge is 0.326 e. The van der Waals surface area contributed by atoms with Crippen LogP contribution in [0.1, 0.15) is 35.3 Å². The SMILES string of the molecule is CCc1ccc(C)c(NC(=O)CCc2nn3c(C)nnc3s2)c1. The predicted molar refractivity (Wildman–Crippen MR) is 90.9 cm³/mol. The van der Waals surface area contributed by atoms with Gasteiger partial charge in [-0.3, -0.25) is 4.79 Å². The molecule has 0 radical (unpaired) electrons. The molecule has 0 aliphatic carbocycles. The fraction of sp³-hybridized carbons (Fsp3) is 0.375. The molecule has 7 heteroatoms. The van der Waals surface area contributed by atoms with E-state index in [0.717, 1.165) is 33.5 Å². The van der Waals surface area contributed by atoms with E-state index in [1.165, 1.54) is 16.9 Å². The van der Waals surface area contributed by atoms with Crippen LogP contribution in [0.15, 0.2) is 18.2 Å². The Balaban J connectivity index is 1.63. The normalized spacial score (nSPS) is 11.1. The van der Waals surface area contributed by atoms with E-state index in [4.69, 9.17) is 0 Å². The standard InChI is InChI=1S/C16H19N5OS/c1-4-12-6-5-10(2)13(9-12)17-14(22)7-8-15-20-21-11(3)18-19-16(21)23-15/h5-6,9H,4,7-8H2,1-3H3,(H,17,22). The summed E-state index contributed by atoms with van der Waals surface area (Å²) in [5.41, 5.74) is 3.18. The molecule has 0 bridgehead atoms. The fourth-order valence-electron chi connectivity index (χ4n) is 2.31. The number of nitrogens with one attached hydrogen (secondary N) is 1. The van der Waals surface area contributed by atoms with Gasteiger partial charge in [0, 0.05) is 18.5 Å². The van der Waals surface area contributed by atoms with E-state index in [0.29, 0.717) is 12.8 Å². The lowest BCUT2D eigenvalue weighted by atomic mass is 10.1. The molecule has 3 aromatic rings. The second kappa shape index (κ2) is 6.45. The van der Waals surface area contributed by atoms with Gasteiger partial charge in [0.1, 0.15) is 5.01 Å². The molecule has 1 N–H and O–H groups in total. The van der Waals surface area contributed by atoms with E-state index in [-0.39, 0.29) is 5.91 Å². The lowest BCUT2D eigenvalue weighted by molar-refractivity contribution is -0.116. The van der Waals surface area contributed by atoms with Crippen molar-refractivity contribution < 1.29 is 4.79 Å². The first-order valence-electron chi connectivity index (χ1n) is 7.64. The van der Waals surface area contributed by atoms with Crippen LogP contribution in [-0.2, 0) is 17.6 Å². The van der Waals surface area contributed by atoms with Gasteiger partial charge in [0.25, 0.3) is 0 Å². The third-order valence-corrected chi connectivity index (χ3v) is 4.70. The third-order valence-electron chi connectivity index (χ3n) is 3.74. The highest BCUT2D eigenvalue weighted by Crippen LogP contribution is 2.19. The Morgan fingerprint density at radius 3 is 2.87 bits per heavy atom. The lowest BCUT2D eigenvalue weighted by Gasteiger charge is -2.09. The summed E-state index contributed by atoms with van der Waals surface area (Å²) in [7, 11) is 0. The average Bonchev–Trinajstić information content (AvgIpc) is 3.09. The van der Waals surface area contributed by atoms with Gasteiger partial charge in [-0.15, -0.1) is 10.2 Å². The zero-order chi connectivity index (χ0) is 16.4. The molecule has 1 amide bonds. The van der Waals surface area contributed by atoms with Crippen LogP contribution < -0.4 is 5.32 Å². The lowest BCUT2D eigenvalue weighted by Crippen LogP contribution is -2.13. The molecule has 0 atom stereocenters. The van der Waals surface area contributed by atoms with Gasteiger partial charge in [0.05, 0.1) is 0 Å². The molecule has 1 aromatic carbocycles. The highest BCUT2D eigenvalue weighted by molar-refractivity contribution is 7.16. The molecule has 0 fully saturated rings. The Kier molecular flexibility index (Phi) is 4.38. The minimum Gasteiger partial charge on any atom is -0.326 e. The molecule has 23 heavy (non-hydrogen) atoms. The van der Waals surface area contributed by atoms with E-state index < -0.39 is 0 Å². The summed E-state index contributed by atoms with van der Waals surface area (Å²) < 4.78 is 1.72. The Hall–Kier alpha value is -2.28. The van der Waals surface area contributed by atoms with E-state index in [1.54, 1.807) is 4.52 Å². The first kappa shape index (κ1) is 15.6. The van der Waals surface area contributed by atoms with Crippen LogP contribution in [-0.4, -0.2) is 25.7 Å². The van der Waals surface area contributed by atoms with Crippen molar-refractivity contribution in [3.8, 4) is 0 Å². The van der Waals surface area contributed by atoms with Gasteiger partial charge in [-0.2, -0.15) is 9.61 Å². The highest BCUT2D eigenvalue weighted by atomic mass is 32.1. The number of carbonyl (C=O) groups is 1. The number of hydrogen-bond acceptors (Lipinski definition) is 5. The van der Waals surface area contributed by atoms with Crippen molar-refractivity contribution in [2.24, 2.45) is 0 Å². The van der Waals surface area contributed by atoms with Gasteiger partial charge in [-0.25, -0.2) is 0 Å². The summed E-state index contributed by atoms with van der Waals surface area (Å²) in [5.74, 6) is 0.767. The Bertz CT molecular complexity index is 851. The molecule has 0 unspecified atom stereocenters. The summed E-state index contributed by atoms with van der Waals surface area (Å²) in [6, 6.07) is 6.17. The number of rotatable bonds is 5. The number of nitrogens with zero attached hydrogens (tertiary/aromatic N) is 4. The maximum Gasteiger partial charge on any atom is 0.234 e. The maximum atomic E-state index is 12.2. The Morgan fingerprint density at radius 1 is 1.30 bits per heavy atom. The van der Waals surface area contributed by atoms with E-state index in [9.17, 15) is 4.79 Å². The summed E-state index contributed by atoms with van der Waals surface area (Å²) in [5, 5.41) is 16.3. The van der Waals surface area contributed by atoms with Gasteiger partial charge in [0.15, 0.2) is 5.82 Å². The average molecular weight is 329 g/mol. The molecule has 0 aliphatic rings. The topological polar surface area (TPSA) is 72.2 Å². The molecule has 3 rings (SSSR count). The van der Waals surface area contributed by atoms with Crippen molar-refractivity contribution in [1.82, 2.24) is 19.8 Å². The second-order valence-corrected chi connectivity index (χ2v) is 6.53. The van der Waals surface area contributed by atoms with Crippen molar-refractivity contribution in [1.29, 1.82) is 0 Å². The third kappa shape index (κ3) is 3.39. The predicted octanol–water partition coefficient (Wildman–Crippen LogP) is 2.94. The zero-order valence-electron chi connectivity index (χ0n) is 13.5. The minimum absolute atomic E-state index is 0.00374. The number of aromatic nitrogens is 4. The Morgan fingerprint density at radius 2 is 2.13 bits per heavy atom. The van der Waals surface area contributed by atoms with Crippen molar-refractivity contribution in [3.05, 3.63) is 40.2 Å². The molecule has 2 heterocycles. The number of fused-ring (bicyclic) bond motifs is 1. The Labute approximate surface area is 138 Å². The van der Waals surface area contributed by atoms with Crippen LogP contribution in [0.4, 0.5) is 5.69 Å². The quantitative estimate of drug-likeness (QED) is 0.781. The fourth-order valence-corrected chi connectivity index (χ4v) is 3.19. The first-order valence-corrected chi connectivity index (χ1v) is 8.45. The molecule has 0 aliphatic heterocycles. The van der Waals surface area contributed by atoms with Crippen LogP contribution in [0.2, 0.25) is 0 Å². The summed E-state index contributed by atoms with van der Waals surface area (Å²) in [4.78, 5) is 13.0. The van der Waals surface area contributed by atoms with Gasteiger partial charge in [-0.05, 0) is 37.5 Å².